The second-order valence-corrected chi connectivity index (χ2v) is 7.12. The van der Waals surface area contributed by atoms with E-state index in [-0.39, 0.29) is 5.91 Å². The molecule has 2 heterocycles. The Morgan fingerprint density at radius 2 is 1.96 bits per heavy atom. The van der Waals surface area contributed by atoms with Crippen molar-refractivity contribution in [1.29, 1.82) is 0 Å². The lowest BCUT2D eigenvalue weighted by Gasteiger charge is -2.36. The number of pyridine rings is 1. The maximum absolute atomic E-state index is 11.6. The fourth-order valence-electron chi connectivity index (χ4n) is 3.74. The number of ether oxygens (including phenoxy) is 1. The van der Waals surface area contributed by atoms with E-state index < -0.39 is 0 Å². The Hall–Kier alpha value is -2.40. The molecule has 1 aromatic carbocycles. The Morgan fingerprint density at radius 3 is 2.62 bits per heavy atom. The summed E-state index contributed by atoms with van der Waals surface area (Å²) in [5.41, 5.74) is 3.34. The molecule has 0 unspecified atom stereocenters. The number of rotatable bonds is 4. The number of benzene rings is 1. The fourth-order valence-corrected chi connectivity index (χ4v) is 3.74. The van der Waals surface area contributed by atoms with Crippen LogP contribution in [-0.2, 0) is 12.8 Å². The SMILES string of the molecule is CN[11C](=O)c1ccc(Oc2ccc3c(c2)CCN(C2CCC2)CC3)nc1. The van der Waals surface area contributed by atoms with Gasteiger partial charge in [-0.15, -0.1) is 0 Å². The molecule has 1 saturated carbocycles. The Labute approximate surface area is 154 Å². The zero-order chi connectivity index (χ0) is 17.9. The van der Waals surface area contributed by atoms with Gasteiger partial charge in [0.15, 0.2) is 0 Å². The molecule has 2 aliphatic rings. The molecule has 0 radical (unpaired) electrons. The highest BCUT2D eigenvalue weighted by Crippen LogP contribution is 2.29. The zero-order valence-corrected chi connectivity index (χ0v) is 15.2. The van der Waals surface area contributed by atoms with Crippen LogP contribution in [0, 0.1) is 0 Å². The number of nitrogens with zero attached hydrogens (tertiary/aromatic N) is 2. The van der Waals surface area contributed by atoms with E-state index in [0.29, 0.717) is 11.4 Å². The minimum absolute atomic E-state index is 0.148. The zero-order valence-electron chi connectivity index (χ0n) is 15.2. The van der Waals surface area contributed by atoms with Gasteiger partial charge in [-0.25, -0.2) is 4.98 Å². The molecule has 0 saturated heterocycles. The summed E-state index contributed by atoms with van der Waals surface area (Å²) in [7, 11) is 1.61. The van der Waals surface area contributed by atoms with Crippen LogP contribution in [-0.4, -0.2) is 42.0 Å². The van der Waals surface area contributed by atoms with E-state index in [4.69, 9.17) is 4.74 Å². The molecule has 26 heavy (non-hydrogen) atoms. The number of hydrogen-bond donors (Lipinski definition) is 1. The number of nitrogens with one attached hydrogen (secondary N) is 1. The number of hydrogen-bond acceptors (Lipinski definition) is 4. The van der Waals surface area contributed by atoms with Crippen molar-refractivity contribution in [1.82, 2.24) is 15.2 Å². The summed E-state index contributed by atoms with van der Waals surface area (Å²) in [5, 5.41) is 2.59. The van der Waals surface area contributed by atoms with Gasteiger partial charge in [-0.1, -0.05) is 12.5 Å². The van der Waals surface area contributed by atoms with Gasteiger partial charge in [-0.2, -0.15) is 0 Å². The highest BCUT2D eigenvalue weighted by Gasteiger charge is 2.26. The van der Waals surface area contributed by atoms with Crippen molar-refractivity contribution in [2.24, 2.45) is 0 Å². The lowest BCUT2D eigenvalue weighted by Crippen LogP contribution is -2.41. The van der Waals surface area contributed by atoms with E-state index >= 15 is 0 Å². The van der Waals surface area contributed by atoms with Gasteiger partial charge in [0.05, 0.1) is 5.56 Å². The van der Waals surface area contributed by atoms with Crippen molar-refractivity contribution < 1.29 is 9.53 Å². The Bertz CT molecular complexity index is 784. The van der Waals surface area contributed by atoms with Gasteiger partial charge in [0.25, 0.3) is 5.91 Å². The van der Waals surface area contributed by atoms with Crippen molar-refractivity contribution in [3.05, 3.63) is 53.2 Å². The first-order chi connectivity index (χ1) is 12.7. The summed E-state index contributed by atoms with van der Waals surface area (Å²) in [4.78, 5) is 18.5. The third-order valence-electron chi connectivity index (χ3n) is 5.55. The van der Waals surface area contributed by atoms with Crippen molar-refractivity contribution >= 4 is 5.91 Å². The lowest BCUT2D eigenvalue weighted by molar-refractivity contribution is 0.0962. The molecule has 1 aliphatic carbocycles. The topological polar surface area (TPSA) is 54.5 Å². The minimum Gasteiger partial charge on any atom is -0.439 e. The van der Waals surface area contributed by atoms with Crippen molar-refractivity contribution in [2.75, 3.05) is 20.1 Å². The van der Waals surface area contributed by atoms with E-state index in [1.807, 2.05) is 6.07 Å². The highest BCUT2D eigenvalue weighted by atomic mass is 16.5. The van der Waals surface area contributed by atoms with Crippen LogP contribution in [0.1, 0.15) is 40.7 Å². The van der Waals surface area contributed by atoms with Gasteiger partial charge in [-0.3, -0.25) is 9.69 Å². The largest absolute Gasteiger partial charge is 0.439 e. The van der Waals surface area contributed by atoms with E-state index in [1.165, 1.54) is 43.1 Å². The molecule has 5 heteroatoms. The highest BCUT2D eigenvalue weighted by molar-refractivity contribution is 5.93. The molecule has 2 aromatic rings. The standard InChI is InChI=1S/C21H25N3O2/c1-22-21(25)17-6-8-20(23-14-17)26-19-7-5-15-9-11-24(18-3-2-4-18)12-10-16(15)13-19/h5-8,13-14,18H,2-4,9-12H2,1H3,(H,22,25)/i21-1. The summed E-state index contributed by atoms with van der Waals surface area (Å²) < 4.78 is 5.90. The molecule has 0 bridgehead atoms. The number of carbonyl (C=O) groups is 1. The van der Waals surface area contributed by atoms with Crippen LogP contribution in [0.15, 0.2) is 36.5 Å². The maximum Gasteiger partial charge on any atom is 0.252 e. The van der Waals surface area contributed by atoms with Crippen LogP contribution >= 0.6 is 0 Å². The normalized spacial score (nSPS) is 17.7. The Balaban J connectivity index is 1.44. The van der Waals surface area contributed by atoms with Crippen molar-refractivity contribution in [3.63, 3.8) is 0 Å². The number of aromatic nitrogens is 1. The molecule has 0 spiro atoms. The van der Waals surface area contributed by atoms with Gasteiger partial charge < -0.3 is 10.1 Å². The summed E-state index contributed by atoms with van der Waals surface area (Å²) >= 11 is 0. The molecule has 136 valence electrons. The van der Waals surface area contributed by atoms with Gasteiger partial charge in [0, 0.05) is 38.4 Å². The summed E-state index contributed by atoms with van der Waals surface area (Å²) in [6.45, 7) is 2.31. The smallest absolute Gasteiger partial charge is 0.252 e. The number of fused-ring (bicyclic) bond motifs is 1. The second kappa shape index (κ2) is 7.46. The molecular formula is C21H25N3O2. The van der Waals surface area contributed by atoms with Crippen molar-refractivity contribution in [2.45, 2.75) is 38.1 Å². The molecular weight excluding hydrogens is 325 g/mol. The van der Waals surface area contributed by atoms with E-state index in [1.54, 1.807) is 19.2 Å². The molecule has 5 nitrogen and oxygen atoms in total. The summed E-state index contributed by atoms with van der Waals surface area (Å²) in [6, 6.07) is 10.6. The molecule has 1 fully saturated rings. The van der Waals surface area contributed by atoms with Crippen LogP contribution < -0.4 is 10.1 Å². The van der Waals surface area contributed by atoms with E-state index in [2.05, 4.69) is 27.3 Å². The fraction of sp³-hybridized carbons (Fsp3) is 0.429. The summed E-state index contributed by atoms with van der Waals surface area (Å²) in [5.74, 6) is 1.16. The molecule has 1 aromatic heterocycles. The average Bonchev–Trinajstić information content (AvgIpc) is 2.83. The predicted octanol–water partition coefficient (Wildman–Crippen LogP) is 3.19. The van der Waals surface area contributed by atoms with Crippen molar-refractivity contribution in [3.8, 4) is 11.6 Å². The molecule has 4 rings (SSSR count). The van der Waals surface area contributed by atoms with Gasteiger partial charge in [0.1, 0.15) is 5.75 Å². The van der Waals surface area contributed by atoms with Gasteiger partial charge >= 0.3 is 0 Å². The molecule has 1 aliphatic heterocycles. The summed E-state index contributed by atoms with van der Waals surface area (Å²) in [6.07, 6.45) is 7.84. The molecule has 1 N–H and O–H groups in total. The first-order valence-corrected chi connectivity index (χ1v) is 9.45. The van der Waals surface area contributed by atoms with Crippen LogP contribution in [0.4, 0.5) is 0 Å². The average molecular weight is 350 g/mol. The second-order valence-electron chi connectivity index (χ2n) is 7.12. The monoisotopic (exact) mass is 350 g/mol. The number of amides is 1. The van der Waals surface area contributed by atoms with Gasteiger partial charge in [-0.05, 0) is 55.0 Å². The number of carbonyl (C=O) groups excluding carboxylic acids is 1. The first kappa shape index (κ1) is 17.0. The third kappa shape index (κ3) is 3.58. The third-order valence-corrected chi connectivity index (χ3v) is 5.55. The van der Waals surface area contributed by atoms with Crippen LogP contribution in [0.2, 0.25) is 0 Å². The lowest BCUT2D eigenvalue weighted by atomic mass is 9.91. The minimum atomic E-state index is -0.148. The predicted molar refractivity (Wildman–Crippen MR) is 101 cm³/mol. The van der Waals surface area contributed by atoms with Crippen LogP contribution in [0.3, 0.4) is 0 Å². The molecule has 0 atom stereocenters. The van der Waals surface area contributed by atoms with Gasteiger partial charge in [0.2, 0.25) is 5.88 Å². The van der Waals surface area contributed by atoms with Crippen LogP contribution in [0.25, 0.3) is 0 Å². The quantitative estimate of drug-likeness (QED) is 0.920. The van der Waals surface area contributed by atoms with E-state index in [9.17, 15) is 4.79 Å². The molecule has 1 amide bonds. The maximum atomic E-state index is 11.6. The first-order valence-electron chi connectivity index (χ1n) is 9.45. The van der Waals surface area contributed by atoms with E-state index in [0.717, 1.165) is 31.2 Å². The Morgan fingerprint density at radius 1 is 1.15 bits per heavy atom. The van der Waals surface area contributed by atoms with Crippen LogP contribution in [0.5, 0.6) is 11.6 Å². The Kier molecular flexibility index (Phi) is 4.89.